The third-order valence-corrected chi connectivity index (χ3v) is 3.10. The highest BCUT2D eigenvalue weighted by Crippen LogP contribution is 2.44. The Kier molecular flexibility index (Phi) is 2.38. The molecule has 0 atom stereocenters. The molecule has 84 valence electrons. The summed E-state index contributed by atoms with van der Waals surface area (Å²) in [5.41, 5.74) is 2.69. The van der Waals surface area contributed by atoms with Crippen LogP contribution in [0.1, 0.15) is 31.9 Å². The summed E-state index contributed by atoms with van der Waals surface area (Å²) in [5, 5.41) is 0. The molecule has 0 saturated carbocycles. The standard InChI is InChI=1S/C14H16O2/c1-5-11-10-8-9(2)6-7-12(10)16-13(15)14(11,3)4/h5-8H,1-4H3/b11-5+. The van der Waals surface area contributed by atoms with E-state index in [0.717, 1.165) is 11.1 Å². The number of ether oxygens (including phenoxy) is 1. The smallest absolute Gasteiger partial charge is 0.321 e. The fourth-order valence-electron chi connectivity index (χ4n) is 2.13. The van der Waals surface area contributed by atoms with E-state index in [9.17, 15) is 4.79 Å². The van der Waals surface area contributed by atoms with Gasteiger partial charge in [0, 0.05) is 5.56 Å². The van der Waals surface area contributed by atoms with Gasteiger partial charge in [-0.25, -0.2) is 0 Å². The van der Waals surface area contributed by atoms with Crippen molar-refractivity contribution in [1.29, 1.82) is 0 Å². The Morgan fingerprint density at radius 3 is 2.62 bits per heavy atom. The lowest BCUT2D eigenvalue weighted by Crippen LogP contribution is -2.34. The largest absolute Gasteiger partial charge is 0.425 e. The van der Waals surface area contributed by atoms with Gasteiger partial charge < -0.3 is 4.74 Å². The molecule has 1 aliphatic rings. The second-order valence-corrected chi connectivity index (χ2v) is 4.72. The van der Waals surface area contributed by atoms with Crippen molar-refractivity contribution in [2.75, 3.05) is 0 Å². The zero-order valence-electron chi connectivity index (χ0n) is 10.1. The lowest BCUT2D eigenvalue weighted by Gasteiger charge is -2.32. The van der Waals surface area contributed by atoms with Crippen LogP contribution in [0.4, 0.5) is 0 Å². The summed E-state index contributed by atoms with van der Waals surface area (Å²) in [7, 11) is 0. The molecule has 2 heteroatoms. The molecule has 2 rings (SSSR count). The second-order valence-electron chi connectivity index (χ2n) is 4.72. The number of aryl methyl sites for hydroxylation is 1. The van der Waals surface area contributed by atoms with Crippen LogP contribution in [0.5, 0.6) is 5.75 Å². The highest BCUT2D eigenvalue weighted by atomic mass is 16.5. The molecule has 0 spiro atoms. The molecule has 0 unspecified atom stereocenters. The maximum atomic E-state index is 11.9. The number of benzene rings is 1. The Hall–Kier alpha value is -1.57. The quantitative estimate of drug-likeness (QED) is 0.491. The SMILES string of the molecule is C/C=C1\c2cc(C)ccc2OC(=O)C1(C)C. The van der Waals surface area contributed by atoms with Gasteiger partial charge in [0.25, 0.3) is 0 Å². The minimum Gasteiger partial charge on any atom is -0.425 e. The molecule has 1 aromatic rings. The van der Waals surface area contributed by atoms with E-state index < -0.39 is 5.41 Å². The summed E-state index contributed by atoms with van der Waals surface area (Å²) in [6, 6.07) is 5.89. The lowest BCUT2D eigenvalue weighted by molar-refractivity contribution is -0.141. The average molecular weight is 216 g/mol. The Morgan fingerprint density at radius 1 is 1.31 bits per heavy atom. The normalized spacial score (nSPS) is 20.5. The van der Waals surface area contributed by atoms with Gasteiger partial charge in [-0.3, -0.25) is 4.79 Å². The molecule has 1 heterocycles. The van der Waals surface area contributed by atoms with E-state index in [1.807, 2.05) is 45.9 Å². The monoisotopic (exact) mass is 216 g/mol. The highest BCUT2D eigenvalue weighted by molar-refractivity contribution is 5.98. The van der Waals surface area contributed by atoms with E-state index in [0.29, 0.717) is 5.75 Å². The zero-order valence-corrected chi connectivity index (χ0v) is 10.1. The maximum absolute atomic E-state index is 11.9. The van der Waals surface area contributed by atoms with E-state index in [1.54, 1.807) is 0 Å². The molecule has 2 nitrogen and oxygen atoms in total. The second kappa shape index (κ2) is 3.48. The molecule has 16 heavy (non-hydrogen) atoms. The predicted molar refractivity (Wildman–Crippen MR) is 64.2 cm³/mol. The summed E-state index contributed by atoms with van der Waals surface area (Å²) in [6.07, 6.45) is 2.00. The summed E-state index contributed by atoms with van der Waals surface area (Å²) in [4.78, 5) is 11.9. The van der Waals surface area contributed by atoms with Crippen molar-refractivity contribution in [3.8, 4) is 5.75 Å². The molecule has 1 aliphatic heterocycles. The zero-order chi connectivity index (χ0) is 11.9. The number of allylic oxidation sites excluding steroid dienone is 1. The molecule has 0 saturated heterocycles. The van der Waals surface area contributed by atoms with Gasteiger partial charge in [-0.15, -0.1) is 0 Å². The number of fused-ring (bicyclic) bond motifs is 1. The number of hydrogen-bond donors (Lipinski definition) is 0. The number of carbonyl (C=O) groups is 1. The summed E-state index contributed by atoms with van der Waals surface area (Å²) >= 11 is 0. The fourth-order valence-corrected chi connectivity index (χ4v) is 2.13. The summed E-state index contributed by atoms with van der Waals surface area (Å²) in [5.74, 6) is 0.486. The van der Waals surface area contributed by atoms with Crippen LogP contribution < -0.4 is 4.74 Å². The molecule has 1 aromatic carbocycles. The van der Waals surface area contributed by atoms with Gasteiger partial charge in [-0.1, -0.05) is 17.7 Å². The van der Waals surface area contributed by atoms with Crippen LogP contribution in [0.3, 0.4) is 0 Å². The van der Waals surface area contributed by atoms with Gasteiger partial charge in [0.1, 0.15) is 5.75 Å². The number of esters is 1. The van der Waals surface area contributed by atoms with Crippen LogP contribution in [-0.4, -0.2) is 5.97 Å². The molecule has 0 amide bonds. The first-order valence-electron chi connectivity index (χ1n) is 5.47. The van der Waals surface area contributed by atoms with Gasteiger partial charge in [0.2, 0.25) is 0 Å². The maximum Gasteiger partial charge on any atom is 0.321 e. The fraction of sp³-hybridized carbons (Fsp3) is 0.357. The first-order chi connectivity index (χ1) is 7.46. The lowest BCUT2D eigenvalue weighted by atomic mass is 9.78. The Balaban J connectivity index is 2.68. The predicted octanol–water partition coefficient (Wildman–Crippen LogP) is 3.34. The molecular formula is C14H16O2. The van der Waals surface area contributed by atoms with Crippen molar-refractivity contribution in [1.82, 2.24) is 0 Å². The van der Waals surface area contributed by atoms with Crippen LogP contribution in [-0.2, 0) is 4.79 Å². The molecule has 0 fully saturated rings. The van der Waals surface area contributed by atoms with Gasteiger partial charge in [0.15, 0.2) is 0 Å². The van der Waals surface area contributed by atoms with Gasteiger partial charge >= 0.3 is 5.97 Å². The van der Waals surface area contributed by atoms with Crippen molar-refractivity contribution < 1.29 is 9.53 Å². The van der Waals surface area contributed by atoms with Crippen molar-refractivity contribution >= 4 is 11.5 Å². The first kappa shape index (κ1) is 10.9. The molecular weight excluding hydrogens is 200 g/mol. The molecule has 0 bridgehead atoms. The van der Waals surface area contributed by atoms with Crippen molar-refractivity contribution in [2.24, 2.45) is 5.41 Å². The number of carbonyl (C=O) groups excluding carboxylic acids is 1. The Labute approximate surface area is 95.9 Å². The molecule has 0 aromatic heterocycles. The van der Waals surface area contributed by atoms with E-state index in [2.05, 4.69) is 6.07 Å². The van der Waals surface area contributed by atoms with Crippen LogP contribution in [0, 0.1) is 12.3 Å². The van der Waals surface area contributed by atoms with Crippen molar-refractivity contribution in [2.45, 2.75) is 27.7 Å². The minimum absolute atomic E-state index is 0.183. The third-order valence-electron chi connectivity index (χ3n) is 3.10. The average Bonchev–Trinajstić information content (AvgIpc) is 2.21. The van der Waals surface area contributed by atoms with E-state index >= 15 is 0 Å². The number of rotatable bonds is 0. The van der Waals surface area contributed by atoms with E-state index in [-0.39, 0.29) is 5.97 Å². The Bertz CT molecular complexity index is 482. The first-order valence-corrected chi connectivity index (χ1v) is 5.47. The third kappa shape index (κ3) is 1.45. The van der Waals surface area contributed by atoms with Gasteiger partial charge in [-0.05, 0) is 45.4 Å². The number of hydrogen-bond acceptors (Lipinski definition) is 2. The van der Waals surface area contributed by atoms with Gasteiger partial charge in [0.05, 0.1) is 5.41 Å². The minimum atomic E-state index is -0.560. The van der Waals surface area contributed by atoms with Crippen molar-refractivity contribution in [3.63, 3.8) is 0 Å². The summed E-state index contributed by atoms with van der Waals surface area (Å²) < 4.78 is 5.35. The van der Waals surface area contributed by atoms with Crippen LogP contribution in [0.2, 0.25) is 0 Å². The van der Waals surface area contributed by atoms with Crippen LogP contribution >= 0.6 is 0 Å². The molecule has 0 N–H and O–H groups in total. The highest BCUT2D eigenvalue weighted by Gasteiger charge is 2.39. The Morgan fingerprint density at radius 2 is 2.00 bits per heavy atom. The van der Waals surface area contributed by atoms with E-state index in [4.69, 9.17) is 4.74 Å². The topological polar surface area (TPSA) is 26.3 Å². The molecule has 0 radical (unpaired) electrons. The van der Waals surface area contributed by atoms with Crippen molar-refractivity contribution in [3.05, 3.63) is 35.4 Å². The molecule has 0 aliphatic carbocycles. The van der Waals surface area contributed by atoms with Crippen LogP contribution in [0.15, 0.2) is 24.3 Å². The van der Waals surface area contributed by atoms with E-state index in [1.165, 1.54) is 5.56 Å². The summed E-state index contributed by atoms with van der Waals surface area (Å²) in [6.45, 7) is 7.80. The van der Waals surface area contributed by atoms with Crippen LogP contribution in [0.25, 0.3) is 5.57 Å². The van der Waals surface area contributed by atoms with Gasteiger partial charge in [-0.2, -0.15) is 0 Å².